The zero-order valence-electron chi connectivity index (χ0n) is 9.61. The van der Waals surface area contributed by atoms with Gasteiger partial charge in [0, 0.05) is 6.54 Å². The summed E-state index contributed by atoms with van der Waals surface area (Å²) < 4.78 is 11.5. The molecule has 4 heterocycles. The number of nitrogens with zero attached hydrogens (tertiary/aromatic N) is 1. The standard InChI is InChI=1S/C12H13NO5/c14-9-8-7(10(15)16)6-2-3-12(8,18-6)11-13(9)4-1-5-17-11/h2-3,6-8,11H,1,4-5H2,(H,15,16)/t6-,7-,8-,11+,12+/m1/s1. The molecule has 3 fully saturated rings. The number of hydrogen-bond acceptors (Lipinski definition) is 4. The van der Waals surface area contributed by atoms with Crippen LogP contribution in [0.1, 0.15) is 6.42 Å². The van der Waals surface area contributed by atoms with Crippen LogP contribution < -0.4 is 0 Å². The van der Waals surface area contributed by atoms with Gasteiger partial charge >= 0.3 is 5.97 Å². The maximum absolute atomic E-state index is 12.4. The Morgan fingerprint density at radius 2 is 2.39 bits per heavy atom. The number of carbonyl (C=O) groups is 2. The van der Waals surface area contributed by atoms with Gasteiger partial charge in [0.05, 0.1) is 18.6 Å². The fourth-order valence-electron chi connectivity index (χ4n) is 3.74. The van der Waals surface area contributed by atoms with Crippen LogP contribution in [0.15, 0.2) is 12.2 Å². The van der Waals surface area contributed by atoms with Crippen molar-refractivity contribution in [2.24, 2.45) is 11.8 Å². The Balaban J connectivity index is 1.82. The lowest BCUT2D eigenvalue weighted by molar-refractivity contribution is -0.168. The fourth-order valence-corrected chi connectivity index (χ4v) is 3.74. The molecule has 1 N–H and O–H groups in total. The van der Waals surface area contributed by atoms with Crippen LogP contribution in [0.5, 0.6) is 0 Å². The molecule has 0 saturated carbocycles. The van der Waals surface area contributed by atoms with Crippen LogP contribution in [-0.4, -0.2) is 53.0 Å². The average Bonchev–Trinajstić information content (AvgIpc) is 2.99. The molecule has 0 aliphatic carbocycles. The molecule has 5 atom stereocenters. The highest BCUT2D eigenvalue weighted by atomic mass is 16.6. The van der Waals surface area contributed by atoms with Crippen molar-refractivity contribution in [3.63, 3.8) is 0 Å². The molecular weight excluding hydrogens is 238 g/mol. The highest BCUT2D eigenvalue weighted by Gasteiger charge is 2.72. The molecule has 3 saturated heterocycles. The largest absolute Gasteiger partial charge is 0.481 e. The third-order valence-corrected chi connectivity index (χ3v) is 4.41. The number of rotatable bonds is 1. The van der Waals surface area contributed by atoms with E-state index in [1.54, 1.807) is 11.0 Å². The first kappa shape index (κ1) is 10.5. The highest BCUT2D eigenvalue weighted by molar-refractivity contribution is 5.91. The molecule has 4 aliphatic rings. The molecule has 0 unspecified atom stereocenters. The van der Waals surface area contributed by atoms with Gasteiger partial charge in [-0.05, 0) is 12.5 Å². The predicted molar refractivity (Wildman–Crippen MR) is 57.4 cm³/mol. The summed E-state index contributed by atoms with van der Waals surface area (Å²) >= 11 is 0. The summed E-state index contributed by atoms with van der Waals surface area (Å²) in [5, 5.41) is 9.30. The second-order valence-corrected chi connectivity index (χ2v) is 5.25. The van der Waals surface area contributed by atoms with Crippen LogP contribution in [0, 0.1) is 11.8 Å². The molecule has 6 nitrogen and oxygen atoms in total. The third kappa shape index (κ3) is 0.976. The monoisotopic (exact) mass is 251 g/mol. The van der Waals surface area contributed by atoms with Crippen LogP contribution in [0.2, 0.25) is 0 Å². The normalized spacial score (nSPS) is 48.4. The van der Waals surface area contributed by atoms with Gasteiger partial charge in [0.25, 0.3) is 0 Å². The van der Waals surface area contributed by atoms with Gasteiger partial charge in [-0.25, -0.2) is 0 Å². The van der Waals surface area contributed by atoms with Crippen molar-refractivity contribution in [1.29, 1.82) is 0 Å². The zero-order valence-corrected chi connectivity index (χ0v) is 9.61. The smallest absolute Gasteiger partial charge is 0.310 e. The minimum atomic E-state index is -0.968. The molecule has 1 spiro atoms. The molecule has 4 aliphatic heterocycles. The average molecular weight is 251 g/mol. The fraction of sp³-hybridized carbons (Fsp3) is 0.667. The number of carbonyl (C=O) groups excluding carboxylic acids is 1. The zero-order chi connectivity index (χ0) is 12.5. The Labute approximate surface area is 103 Å². The number of hydrogen-bond donors (Lipinski definition) is 1. The summed E-state index contributed by atoms with van der Waals surface area (Å²) in [6, 6.07) is 0. The molecule has 1 amide bonds. The summed E-state index contributed by atoms with van der Waals surface area (Å²) in [6.45, 7) is 1.21. The number of carboxylic acids is 1. The maximum atomic E-state index is 12.4. The van der Waals surface area contributed by atoms with Gasteiger partial charge in [0.2, 0.25) is 5.91 Å². The van der Waals surface area contributed by atoms with E-state index < -0.39 is 35.7 Å². The van der Waals surface area contributed by atoms with Crippen molar-refractivity contribution >= 4 is 11.9 Å². The van der Waals surface area contributed by atoms with Gasteiger partial charge in [-0.2, -0.15) is 0 Å². The summed E-state index contributed by atoms with van der Waals surface area (Å²) in [5.74, 6) is -2.52. The number of aliphatic carboxylic acids is 1. The van der Waals surface area contributed by atoms with E-state index in [4.69, 9.17) is 9.47 Å². The quantitative estimate of drug-likeness (QED) is 0.642. The van der Waals surface area contributed by atoms with Gasteiger partial charge in [0.15, 0.2) is 6.23 Å². The Hall–Kier alpha value is -1.40. The summed E-state index contributed by atoms with van der Waals surface area (Å²) in [7, 11) is 0. The van der Waals surface area contributed by atoms with E-state index in [1.165, 1.54) is 0 Å². The van der Waals surface area contributed by atoms with E-state index in [2.05, 4.69) is 0 Å². The Morgan fingerprint density at radius 1 is 1.56 bits per heavy atom. The van der Waals surface area contributed by atoms with E-state index in [1.807, 2.05) is 6.08 Å². The van der Waals surface area contributed by atoms with Gasteiger partial charge < -0.3 is 19.5 Å². The van der Waals surface area contributed by atoms with Crippen molar-refractivity contribution < 1.29 is 24.2 Å². The molecule has 0 aromatic heterocycles. The second kappa shape index (κ2) is 3.13. The molecule has 6 heteroatoms. The first-order chi connectivity index (χ1) is 8.65. The molecule has 96 valence electrons. The minimum absolute atomic E-state index is 0.140. The number of ether oxygens (including phenoxy) is 2. The van der Waals surface area contributed by atoms with Gasteiger partial charge in [-0.3, -0.25) is 9.59 Å². The van der Waals surface area contributed by atoms with Crippen molar-refractivity contribution in [1.82, 2.24) is 4.90 Å². The van der Waals surface area contributed by atoms with E-state index in [0.717, 1.165) is 6.42 Å². The molecule has 0 aromatic rings. The topological polar surface area (TPSA) is 76.1 Å². The van der Waals surface area contributed by atoms with Crippen LogP contribution in [0.4, 0.5) is 0 Å². The van der Waals surface area contributed by atoms with Gasteiger partial charge in [-0.1, -0.05) is 6.08 Å². The Kier molecular flexibility index (Phi) is 1.83. The van der Waals surface area contributed by atoms with Crippen LogP contribution in [0.25, 0.3) is 0 Å². The minimum Gasteiger partial charge on any atom is -0.481 e. The lowest BCUT2D eigenvalue weighted by Gasteiger charge is -2.36. The van der Waals surface area contributed by atoms with Gasteiger partial charge in [0.1, 0.15) is 11.5 Å². The predicted octanol–water partition coefficient (Wildman–Crippen LogP) is -0.401. The first-order valence-electron chi connectivity index (χ1n) is 6.17. The number of carboxylic acid groups (broad SMARTS) is 1. The van der Waals surface area contributed by atoms with Crippen molar-refractivity contribution in [2.45, 2.75) is 24.4 Å². The van der Waals surface area contributed by atoms with Gasteiger partial charge in [-0.15, -0.1) is 0 Å². The van der Waals surface area contributed by atoms with Crippen molar-refractivity contribution in [2.75, 3.05) is 13.2 Å². The van der Waals surface area contributed by atoms with Crippen LogP contribution in [-0.2, 0) is 19.1 Å². The van der Waals surface area contributed by atoms with E-state index in [0.29, 0.717) is 13.2 Å². The molecule has 0 radical (unpaired) electrons. The summed E-state index contributed by atoms with van der Waals surface area (Å²) in [4.78, 5) is 25.4. The van der Waals surface area contributed by atoms with E-state index in [9.17, 15) is 14.7 Å². The second-order valence-electron chi connectivity index (χ2n) is 5.25. The van der Waals surface area contributed by atoms with E-state index in [-0.39, 0.29) is 5.91 Å². The molecule has 18 heavy (non-hydrogen) atoms. The summed E-state index contributed by atoms with van der Waals surface area (Å²) in [5.41, 5.74) is -0.870. The maximum Gasteiger partial charge on any atom is 0.310 e. The molecular formula is C12H13NO5. The van der Waals surface area contributed by atoms with E-state index >= 15 is 0 Å². The summed E-state index contributed by atoms with van der Waals surface area (Å²) in [6.07, 6.45) is 3.42. The number of amides is 1. The first-order valence-corrected chi connectivity index (χ1v) is 6.17. The highest BCUT2D eigenvalue weighted by Crippen LogP contribution is 2.55. The lowest BCUT2D eigenvalue weighted by Crippen LogP contribution is -2.49. The third-order valence-electron chi connectivity index (χ3n) is 4.41. The molecule has 0 aromatic carbocycles. The molecule has 4 rings (SSSR count). The van der Waals surface area contributed by atoms with Crippen LogP contribution in [0.3, 0.4) is 0 Å². The SMILES string of the molecule is O=C(O)[C@@H]1[C@H]2C=C[C@@]3(O2)[C@@H]2OCCCN2C(=O)[C@@H]13. The van der Waals surface area contributed by atoms with Crippen LogP contribution >= 0.6 is 0 Å². The van der Waals surface area contributed by atoms with Crippen molar-refractivity contribution in [3.05, 3.63) is 12.2 Å². The Bertz CT molecular complexity index is 475. The number of fused-ring (bicyclic) bond motifs is 2. The Morgan fingerprint density at radius 3 is 3.17 bits per heavy atom. The lowest BCUT2D eigenvalue weighted by atomic mass is 9.76. The van der Waals surface area contributed by atoms with Crippen molar-refractivity contribution in [3.8, 4) is 0 Å². The molecule has 2 bridgehead atoms.